The molecule has 1 aliphatic carbocycles. The van der Waals surface area contributed by atoms with E-state index in [2.05, 4.69) is 21.7 Å². The predicted molar refractivity (Wildman–Crippen MR) is 85.7 cm³/mol. The van der Waals surface area contributed by atoms with Gasteiger partial charge in [0.1, 0.15) is 5.82 Å². The van der Waals surface area contributed by atoms with Gasteiger partial charge in [0.15, 0.2) is 0 Å². The van der Waals surface area contributed by atoms with E-state index in [9.17, 15) is 4.39 Å². The fourth-order valence-electron chi connectivity index (χ4n) is 2.94. The van der Waals surface area contributed by atoms with E-state index in [1.807, 2.05) is 13.0 Å². The molecule has 4 heteroatoms. The third-order valence-corrected chi connectivity index (χ3v) is 4.74. The Hall–Kier alpha value is -1.23. The topological polar surface area (TPSA) is 29.3 Å². The highest BCUT2D eigenvalue weighted by molar-refractivity contribution is 7.07. The molecule has 2 nitrogen and oxygen atoms in total. The van der Waals surface area contributed by atoms with Gasteiger partial charge in [-0.05, 0) is 59.9 Å². The molecule has 0 saturated heterocycles. The minimum Gasteiger partial charge on any atom is -0.326 e. The third kappa shape index (κ3) is 3.51. The molecular formula is C17H21FN2S. The molecule has 112 valence electrons. The maximum atomic E-state index is 13.6. The zero-order valence-electron chi connectivity index (χ0n) is 12.2. The van der Waals surface area contributed by atoms with Gasteiger partial charge in [0.25, 0.3) is 0 Å². The Balaban J connectivity index is 1.89. The monoisotopic (exact) mass is 304 g/mol. The van der Waals surface area contributed by atoms with Crippen LogP contribution < -0.4 is 5.73 Å². The Kier molecular flexibility index (Phi) is 4.38. The van der Waals surface area contributed by atoms with Crippen molar-refractivity contribution in [2.75, 3.05) is 0 Å². The highest BCUT2D eigenvalue weighted by atomic mass is 32.1. The molecule has 1 aliphatic rings. The molecule has 2 atom stereocenters. The molecule has 0 amide bonds. The van der Waals surface area contributed by atoms with Crippen molar-refractivity contribution in [1.82, 2.24) is 4.90 Å². The van der Waals surface area contributed by atoms with E-state index in [4.69, 9.17) is 5.73 Å². The summed E-state index contributed by atoms with van der Waals surface area (Å²) in [6.45, 7) is 2.90. The molecule has 0 bridgehead atoms. The Labute approximate surface area is 129 Å². The van der Waals surface area contributed by atoms with E-state index in [0.29, 0.717) is 6.04 Å². The van der Waals surface area contributed by atoms with Gasteiger partial charge < -0.3 is 5.73 Å². The fourth-order valence-corrected chi connectivity index (χ4v) is 3.60. The number of hydrogen-bond donors (Lipinski definition) is 1. The van der Waals surface area contributed by atoms with Crippen LogP contribution >= 0.6 is 11.3 Å². The maximum Gasteiger partial charge on any atom is 0.123 e. The molecule has 1 heterocycles. The molecule has 1 saturated carbocycles. The van der Waals surface area contributed by atoms with E-state index < -0.39 is 0 Å². The zero-order valence-corrected chi connectivity index (χ0v) is 13.0. The van der Waals surface area contributed by atoms with Gasteiger partial charge in [-0.3, -0.25) is 4.90 Å². The minimum absolute atomic E-state index is 0.0361. The van der Waals surface area contributed by atoms with Crippen LogP contribution in [0.1, 0.15) is 36.9 Å². The summed E-state index contributed by atoms with van der Waals surface area (Å²) in [6.07, 6.45) is 2.42. The van der Waals surface area contributed by atoms with Crippen molar-refractivity contribution in [1.29, 1.82) is 0 Å². The average molecular weight is 304 g/mol. The normalized spacial score (nSPS) is 17.9. The minimum atomic E-state index is -0.190. The lowest BCUT2D eigenvalue weighted by molar-refractivity contribution is 0.157. The molecule has 21 heavy (non-hydrogen) atoms. The number of thiophene rings is 1. The summed E-state index contributed by atoms with van der Waals surface area (Å²) in [7, 11) is 0. The molecule has 0 radical (unpaired) electrons. The van der Waals surface area contributed by atoms with Gasteiger partial charge in [0.05, 0.1) is 6.04 Å². The second-order valence-corrected chi connectivity index (χ2v) is 6.67. The van der Waals surface area contributed by atoms with Crippen molar-refractivity contribution in [3.8, 4) is 0 Å². The first-order valence-corrected chi connectivity index (χ1v) is 8.37. The molecule has 1 aromatic heterocycles. The van der Waals surface area contributed by atoms with Crippen LogP contribution in [-0.4, -0.2) is 17.0 Å². The molecule has 1 fully saturated rings. The van der Waals surface area contributed by atoms with Crippen molar-refractivity contribution in [2.24, 2.45) is 5.73 Å². The van der Waals surface area contributed by atoms with Crippen molar-refractivity contribution in [3.63, 3.8) is 0 Å². The fraction of sp³-hybridized carbons (Fsp3) is 0.412. The summed E-state index contributed by atoms with van der Waals surface area (Å²) in [5, 5.41) is 4.28. The maximum absolute atomic E-state index is 13.6. The number of nitrogens with zero attached hydrogens (tertiary/aromatic N) is 1. The first-order valence-electron chi connectivity index (χ1n) is 7.43. The molecular weight excluding hydrogens is 283 g/mol. The molecule has 2 aromatic rings. The summed E-state index contributed by atoms with van der Waals surface area (Å²) < 4.78 is 13.6. The highest BCUT2D eigenvalue weighted by Gasteiger charge is 2.36. The lowest BCUT2D eigenvalue weighted by atomic mass is 9.98. The lowest BCUT2D eigenvalue weighted by Gasteiger charge is -2.34. The van der Waals surface area contributed by atoms with Crippen LogP contribution in [0.2, 0.25) is 0 Å². The van der Waals surface area contributed by atoms with E-state index >= 15 is 0 Å². The molecule has 0 spiro atoms. The van der Waals surface area contributed by atoms with Crippen molar-refractivity contribution >= 4 is 11.3 Å². The van der Waals surface area contributed by atoms with Gasteiger partial charge >= 0.3 is 0 Å². The highest BCUT2D eigenvalue weighted by Crippen LogP contribution is 2.37. The number of benzene rings is 1. The first kappa shape index (κ1) is 14.7. The van der Waals surface area contributed by atoms with Crippen LogP contribution in [0.3, 0.4) is 0 Å². The molecule has 2 unspecified atom stereocenters. The number of halogens is 1. The quantitative estimate of drug-likeness (QED) is 0.876. The van der Waals surface area contributed by atoms with Crippen LogP contribution in [0.4, 0.5) is 4.39 Å². The van der Waals surface area contributed by atoms with Crippen LogP contribution in [0.25, 0.3) is 0 Å². The second kappa shape index (κ2) is 6.26. The van der Waals surface area contributed by atoms with E-state index in [1.54, 1.807) is 23.5 Å². The lowest BCUT2D eigenvalue weighted by Crippen LogP contribution is -2.40. The Morgan fingerprint density at radius 2 is 2.19 bits per heavy atom. The van der Waals surface area contributed by atoms with Crippen molar-refractivity contribution in [3.05, 3.63) is 58.0 Å². The van der Waals surface area contributed by atoms with Gasteiger partial charge in [0.2, 0.25) is 0 Å². The summed E-state index contributed by atoms with van der Waals surface area (Å²) in [5.74, 6) is -0.190. The van der Waals surface area contributed by atoms with Crippen LogP contribution in [-0.2, 0) is 6.54 Å². The van der Waals surface area contributed by atoms with Crippen LogP contribution in [0.15, 0.2) is 41.1 Å². The van der Waals surface area contributed by atoms with Gasteiger partial charge in [-0.15, -0.1) is 0 Å². The summed E-state index contributed by atoms with van der Waals surface area (Å²) in [4.78, 5) is 2.45. The first-order chi connectivity index (χ1) is 10.1. The Morgan fingerprint density at radius 3 is 2.76 bits per heavy atom. The van der Waals surface area contributed by atoms with Crippen molar-refractivity contribution < 1.29 is 4.39 Å². The SMILES string of the molecule is CC(N)C(c1cccc(F)c1)N(Cc1ccsc1)C1CC1. The van der Waals surface area contributed by atoms with Crippen molar-refractivity contribution in [2.45, 2.75) is 44.4 Å². The smallest absolute Gasteiger partial charge is 0.123 e. The second-order valence-electron chi connectivity index (χ2n) is 5.89. The number of rotatable bonds is 6. The number of nitrogens with two attached hydrogens (primary N) is 1. The molecule has 3 rings (SSSR count). The molecule has 0 aliphatic heterocycles. The zero-order chi connectivity index (χ0) is 14.8. The average Bonchev–Trinajstić information content (AvgIpc) is 3.16. The van der Waals surface area contributed by atoms with Gasteiger partial charge in [-0.2, -0.15) is 11.3 Å². The van der Waals surface area contributed by atoms with Crippen LogP contribution in [0, 0.1) is 5.82 Å². The largest absolute Gasteiger partial charge is 0.326 e. The van der Waals surface area contributed by atoms with Gasteiger partial charge in [0, 0.05) is 18.6 Å². The predicted octanol–water partition coefficient (Wildman–Crippen LogP) is 3.94. The Bertz CT molecular complexity index is 578. The van der Waals surface area contributed by atoms with E-state index in [0.717, 1.165) is 12.1 Å². The molecule has 1 aromatic carbocycles. The third-order valence-electron chi connectivity index (χ3n) is 4.01. The summed E-state index contributed by atoms with van der Waals surface area (Å²) in [5.41, 5.74) is 8.55. The summed E-state index contributed by atoms with van der Waals surface area (Å²) in [6, 6.07) is 9.63. The van der Waals surface area contributed by atoms with Crippen LogP contribution in [0.5, 0.6) is 0 Å². The summed E-state index contributed by atoms with van der Waals surface area (Å²) >= 11 is 1.71. The van der Waals surface area contributed by atoms with Gasteiger partial charge in [-0.25, -0.2) is 4.39 Å². The van der Waals surface area contributed by atoms with E-state index in [1.165, 1.54) is 24.5 Å². The van der Waals surface area contributed by atoms with Gasteiger partial charge in [-0.1, -0.05) is 12.1 Å². The number of hydrogen-bond acceptors (Lipinski definition) is 3. The standard InChI is InChI=1S/C17H21FN2S/c1-12(19)17(14-3-2-4-15(18)9-14)20(16-5-6-16)10-13-7-8-21-11-13/h2-4,7-9,11-12,16-17H,5-6,10,19H2,1H3. The molecule has 2 N–H and O–H groups in total. The Morgan fingerprint density at radius 1 is 1.38 bits per heavy atom. The van der Waals surface area contributed by atoms with E-state index in [-0.39, 0.29) is 17.9 Å².